The number of nitrogens with one attached hydrogen (secondary N) is 2. The van der Waals surface area contributed by atoms with Crippen LogP contribution in [-0.2, 0) is 19.0 Å². The molecule has 152 valence electrons. The molecule has 0 spiro atoms. The van der Waals surface area contributed by atoms with Crippen LogP contribution in [0.15, 0.2) is 29.3 Å². The Morgan fingerprint density at radius 2 is 1.86 bits per heavy atom. The second-order valence-electron chi connectivity index (χ2n) is 7.82. The lowest BCUT2D eigenvalue weighted by Crippen LogP contribution is -2.44. The molecule has 1 aromatic carbocycles. The van der Waals surface area contributed by atoms with Gasteiger partial charge in [-0.3, -0.25) is 4.68 Å². The number of aliphatic imine (C=N–C) groups is 1. The third kappa shape index (κ3) is 4.37. The van der Waals surface area contributed by atoms with Gasteiger partial charge in [0.1, 0.15) is 5.82 Å². The number of rotatable bonds is 6. The Bertz CT molecular complexity index is 816. The number of aryl methyl sites for hydroxylation is 2. The number of aromatic nitrogens is 2. The van der Waals surface area contributed by atoms with Crippen LogP contribution >= 0.6 is 0 Å². The summed E-state index contributed by atoms with van der Waals surface area (Å²) in [7, 11) is 1.96. The van der Waals surface area contributed by atoms with Crippen molar-refractivity contribution in [3.63, 3.8) is 0 Å². The van der Waals surface area contributed by atoms with E-state index in [2.05, 4.69) is 29.6 Å². The number of benzene rings is 1. The van der Waals surface area contributed by atoms with Crippen LogP contribution in [0.3, 0.4) is 0 Å². The molecule has 5 nitrogen and oxygen atoms in total. The molecule has 0 saturated heterocycles. The minimum atomic E-state index is -0.179. The summed E-state index contributed by atoms with van der Waals surface area (Å²) in [5.41, 5.74) is 4.61. The fourth-order valence-corrected chi connectivity index (χ4v) is 4.22. The summed E-state index contributed by atoms with van der Waals surface area (Å²) in [4.78, 5) is 4.80. The van der Waals surface area contributed by atoms with Crippen molar-refractivity contribution in [3.8, 4) is 0 Å². The van der Waals surface area contributed by atoms with Gasteiger partial charge in [-0.2, -0.15) is 5.10 Å². The Morgan fingerprint density at radius 3 is 2.43 bits per heavy atom. The minimum Gasteiger partial charge on any atom is -0.357 e. The van der Waals surface area contributed by atoms with Crippen LogP contribution in [0.25, 0.3) is 0 Å². The van der Waals surface area contributed by atoms with Crippen LogP contribution in [0.4, 0.5) is 4.39 Å². The molecule has 3 rings (SSSR count). The third-order valence-electron chi connectivity index (χ3n) is 6.01. The van der Waals surface area contributed by atoms with Gasteiger partial charge in [0.25, 0.3) is 0 Å². The molecular weight excluding hydrogens is 353 g/mol. The van der Waals surface area contributed by atoms with E-state index in [4.69, 9.17) is 4.99 Å². The monoisotopic (exact) mass is 385 g/mol. The van der Waals surface area contributed by atoms with Crippen LogP contribution in [0.5, 0.6) is 0 Å². The van der Waals surface area contributed by atoms with Crippen molar-refractivity contribution in [1.29, 1.82) is 0 Å². The third-order valence-corrected chi connectivity index (χ3v) is 6.01. The first-order valence-electron chi connectivity index (χ1n) is 10.2. The van der Waals surface area contributed by atoms with E-state index in [-0.39, 0.29) is 11.2 Å². The number of nitrogens with zero attached hydrogens (tertiary/aromatic N) is 3. The topological polar surface area (TPSA) is 54.2 Å². The van der Waals surface area contributed by atoms with Crippen molar-refractivity contribution in [2.75, 3.05) is 13.1 Å². The molecule has 0 bridgehead atoms. The lowest BCUT2D eigenvalue weighted by Gasteiger charge is -2.31. The lowest BCUT2D eigenvalue weighted by molar-refractivity contribution is 0.431. The van der Waals surface area contributed by atoms with Crippen molar-refractivity contribution in [1.82, 2.24) is 20.4 Å². The average Bonchev–Trinajstić information content (AvgIpc) is 3.25. The van der Waals surface area contributed by atoms with Crippen molar-refractivity contribution in [2.45, 2.75) is 58.4 Å². The molecule has 1 aromatic heterocycles. The van der Waals surface area contributed by atoms with E-state index < -0.39 is 0 Å². The first-order valence-corrected chi connectivity index (χ1v) is 10.2. The largest absolute Gasteiger partial charge is 0.357 e. The molecular formula is C22H32FN5. The summed E-state index contributed by atoms with van der Waals surface area (Å²) in [6.45, 7) is 8.39. The van der Waals surface area contributed by atoms with Crippen molar-refractivity contribution in [3.05, 3.63) is 52.6 Å². The molecule has 1 aliphatic rings. The molecule has 0 amide bonds. The molecule has 1 fully saturated rings. The Morgan fingerprint density at radius 1 is 1.18 bits per heavy atom. The van der Waals surface area contributed by atoms with E-state index in [1.165, 1.54) is 24.0 Å². The number of hydrogen-bond acceptors (Lipinski definition) is 2. The average molecular weight is 386 g/mol. The van der Waals surface area contributed by atoms with Gasteiger partial charge >= 0.3 is 0 Å². The van der Waals surface area contributed by atoms with E-state index in [0.717, 1.165) is 43.3 Å². The van der Waals surface area contributed by atoms with E-state index >= 15 is 0 Å². The number of hydrogen-bond donors (Lipinski definition) is 2. The van der Waals surface area contributed by atoms with Gasteiger partial charge in [-0.25, -0.2) is 9.38 Å². The first kappa shape index (κ1) is 20.4. The van der Waals surface area contributed by atoms with Crippen LogP contribution in [0.1, 0.15) is 55.1 Å². The smallest absolute Gasteiger partial charge is 0.191 e. The Kier molecular flexibility index (Phi) is 6.37. The standard InChI is InChI=1S/C22H32FN5/c1-5-24-21(25-14-20-16(2)27-28(4)17(20)3)26-15-22(12-6-7-13-22)18-8-10-19(23)11-9-18/h8-11H,5-7,12-15H2,1-4H3,(H2,24,25,26). The molecule has 0 aliphatic heterocycles. The maximum absolute atomic E-state index is 13.4. The van der Waals surface area contributed by atoms with Crippen LogP contribution < -0.4 is 10.6 Å². The summed E-state index contributed by atoms with van der Waals surface area (Å²) < 4.78 is 15.3. The zero-order valence-corrected chi connectivity index (χ0v) is 17.5. The molecule has 1 aliphatic carbocycles. The van der Waals surface area contributed by atoms with E-state index in [1.807, 2.05) is 30.8 Å². The summed E-state index contributed by atoms with van der Waals surface area (Å²) >= 11 is 0. The molecule has 2 N–H and O–H groups in total. The second-order valence-corrected chi connectivity index (χ2v) is 7.82. The van der Waals surface area contributed by atoms with Gasteiger partial charge < -0.3 is 10.6 Å². The maximum Gasteiger partial charge on any atom is 0.191 e. The molecule has 2 aromatic rings. The van der Waals surface area contributed by atoms with Gasteiger partial charge in [0.2, 0.25) is 0 Å². The lowest BCUT2D eigenvalue weighted by atomic mass is 9.79. The van der Waals surface area contributed by atoms with E-state index in [0.29, 0.717) is 6.54 Å². The van der Waals surface area contributed by atoms with Crippen LogP contribution in [-0.4, -0.2) is 28.8 Å². The van der Waals surface area contributed by atoms with Crippen LogP contribution in [0.2, 0.25) is 0 Å². The van der Waals surface area contributed by atoms with Crippen LogP contribution in [0, 0.1) is 19.7 Å². The summed E-state index contributed by atoms with van der Waals surface area (Å²) in [6.07, 6.45) is 4.65. The SMILES string of the molecule is CCNC(=NCc1c(C)nn(C)c1C)NCC1(c2ccc(F)cc2)CCCC1. The fourth-order valence-electron chi connectivity index (χ4n) is 4.22. The highest BCUT2D eigenvalue weighted by molar-refractivity contribution is 5.80. The van der Waals surface area contributed by atoms with Gasteiger partial charge in [-0.1, -0.05) is 25.0 Å². The highest BCUT2D eigenvalue weighted by Crippen LogP contribution is 2.40. The predicted octanol–water partition coefficient (Wildman–Crippen LogP) is 3.74. The molecule has 1 heterocycles. The normalized spacial score (nSPS) is 16.4. The van der Waals surface area contributed by atoms with E-state index in [1.54, 1.807) is 12.1 Å². The highest BCUT2D eigenvalue weighted by atomic mass is 19.1. The Hall–Kier alpha value is -2.37. The predicted molar refractivity (Wildman–Crippen MR) is 112 cm³/mol. The van der Waals surface area contributed by atoms with Gasteiger partial charge in [0, 0.05) is 36.8 Å². The minimum absolute atomic E-state index is 0.0457. The number of guanidine groups is 1. The van der Waals surface area contributed by atoms with E-state index in [9.17, 15) is 4.39 Å². The highest BCUT2D eigenvalue weighted by Gasteiger charge is 2.35. The first-order chi connectivity index (χ1) is 13.4. The summed E-state index contributed by atoms with van der Waals surface area (Å²) in [6, 6.07) is 7.02. The summed E-state index contributed by atoms with van der Waals surface area (Å²) in [5.74, 6) is 0.639. The molecule has 1 saturated carbocycles. The molecule has 6 heteroatoms. The zero-order chi connectivity index (χ0) is 20.1. The van der Waals surface area contributed by atoms with Gasteiger partial charge in [-0.05, 0) is 51.3 Å². The van der Waals surface area contributed by atoms with Gasteiger partial charge in [0.15, 0.2) is 5.96 Å². The molecule has 0 radical (unpaired) electrons. The quantitative estimate of drug-likeness (QED) is 0.588. The van der Waals surface area contributed by atoms with Gasteiger partial charge in [-0.15, -0.1) is 0 Å². The molecule has 0 atom stereocenters. The summed E-state index contributed by atoms with van der Waals surface area (Å²) in [5, 5.41) is 11.4. The fraction of sp³-hybridized carbons (Fsp3) is 0.545. The van der Waals surface area contributed by atoms with Crippen molar-refractivity contribution < 1.29 is 4.39 Å². The Labute approximate surface area is 167 Å². The number of halogens is 1. The van der Waals surface area contributed by atoms with Gasteiger partial charge in [0.05, 0.1) is 12.2 Å². The molecule has 28 heavy (non-hydrogen) atoms. The van der Waals surface area contributed by atoms with Crippen molar-refractivity contribution >= 4 is 5.96 Å². The van der Waals surface area contributed by atoms with Crippen molar-refractivity contribution in [2.24, 2.45) is 12.0 Å². The maximum atomic E-state index is 13.4. The second kappa shape index (κ2) is 8.76. The zero-order valence-electron chi connectivity index (χ0n) is 17.5. The Balaban J connectivity index is 1.74. The molecule has 0 unspecified atom stereocenters.